The monoisotopic (exact) mass is 448 g/mol. The summed E-state index contributed by atoms with van der Waals surface area (Å²) in [5.74, 6) is -0.772. The van der Waals surface area contributed by atoms with Gasteiger partial charge in [-0.05, 0) is 28.1 Å². The third-order valence-electron chi connectivity index (χ3n) is 5.28. The van der Waals surface area contributed by atoms with Crippen LogP contribution in [0.2, 0.25) is 0 Å². The molecule has 3 heterocycles. The van der Waals surface area contributed by atoms with Crippen molar-refractivity contribution in [1.29, 1.82) is 0 Å². The quantitative estimate of drug-likeness (QED) is 0.417. The van der Waals surface area contributed by atoms with Crippen LogP contribution >= 0.6 is 15.9 Å². The fraction of sp³-hybridized carbons (Fsp3) is 0.0909. The van der Waals surface area contributed by atoms with E-state index in [9.17, 15) is 9.59 Å². The van der Waals surface area contributed by atoms with E-state index in [1.807, 2.05) is 53.2 Å². The molecule has 0 bridgehead atoms. The molecular formula is C22H17BrN4O2. The van der Waals surface area contributed by atoms with Crippen LogP contribution in [0, 0.1) is 0 Å². The Morgan fingerprint density at radius 3 is 2.45 bits per heavy atom. The average molecular weight is 449 g/mol. The number of halogens is 1. The molecule has 2 amide bonds. The Kier molecular flexibility index (Phi) is 4.15. The molecule has 2 aromatic carbocycles. The van der Waals surface area contributed by atoms with Gasteiger partial charge in [0.1, 0.15) is 0 Å². The summed E-state index contributed by atoms with van der Waals surface area (Å²) < 4.78 is 2.93. The van der Waals surface area contributed by atoms with Crippen LogP contribution in [-0.2, 0) is 16.1 Å². The van der Waals surface area contributed by atoms with E-state index >= 15 is 0 Å². The third-order valence-corrected chi connectivity index (χ3v) is 5.92. The summed E-state index contributed by atoms with van der Waals surface area (Å²) in [5, 5.41) is 4.27. The molecular weight excluding hydrogens is 432 g/mol. The van der Waals surface area contributed by atoms with Crippen LogP contribution in [-0.4, -0.2) is 27.9 Å². The smallest absolute Gasteiger partial charge is 0.259 e. The number of amides is 2. The molecule has 144 valence electrons. The number of hydrogen-bond donors (Lipinski definition) is 3. The van der Waals surface area contributed by atoms with Crippen LogP contribution < -0.4 is 11.1 Å². The number of fused-ring (bicyclic) bond motifs is 2. The maximum absolute atomic E-state index is 12.9. The van der Waals surface area contributed by atoms with Gasteiger partial charge in [-0.25, -0.2) is 0 Å². The van der Waals surface area contributed by atoms with Gasteiger partial charge in [0.25, 0.3) is 11.8 Å². The van der Waals surface area contributed by atoms with Crippen LogP contribution in [0.5, 0.6) is 0 Å². The Morgan fingerprint density at radius 1 is 0.931 bits per heavy atom. The van der Waals surface area contributed by atoms with E-state index in [-0.39, 0.29) is 11.8 Å². The molecule has 0 fully saturated rings. The van der Waals surface area contributed by atoms with Gasteiger partial charge < -0.3 is 15.3 Å². The Balaban J connectivity index is 1.85. The largest absolute Gasteiger partial charge is 0.361 e. The molecule has 4 N–H and O–H groups in total. The van der Waals surface area contributed by atoms with Crippen LogP contribution in [0.4, 0.5) is 0 Å². The molecule has 0 aliphatic carbocycles. The molecule has 5 rings (SSSR count). The predicted molar refractivity (Wildman–Crippen MR) is 117 cm³/mol. The highest BCUT2D eigenvalue weighted by atomic mass is 79.9. The number of carbonyl (C=O) groups excluding carboxylic acids is 2. The first-order valence-electron chi connectivity index (χ1n) is 9.24. The second-order valence-electron chi connectivity index (χ2n) is 6.94. The average Bonchev–Trinajstić information content (AvgIpc) is 3.36. The maximum atomic E-state index is 12.9. The van der Waals surface area contributed by atoms with E-state index in [2.05, 4.69) is 26.2 Å². The molecule has 0 radical (unpaired) electrons. The molecule has 0 saturated carbocycles. The number of hydrogen-bond acceptors (Lipinski definition) is 3. The van der Waals surface area contributed by atoms with E-state index in [0.29, 0.717) is 29.8 Å². The van der Waals surface area contributed by atoms with Gasteiger partial charge in [0, 0.05) is 57.4 Å². The summed E-state index contributed by atoms with van der Waals surface area (Å²) in [7, 11) is 0. The number of carbonyl (C=O) groups is 2. The minimum atomic E-state index is -0.387. The molecule has 29 heavy (non-hydrogen) atoms. The Hall–Kier alpha value is -3.16. The highest BCUT2D eigenvalue weighted by molar-refractivity contribution is 9.10. The topological polar surface area (TPSA) is 92.9 Å². The van der Waals surface area contributed by atoms with E-state index in [0.717, 1.165) is 31.8 Å². The molecule has 1 aliphatic heterocycles. The zero-order chi connectivity index (χ0) is 20.1. The highest BCUT2D eigenvalue weighted by Gasteiger charge is 2.35. The molecule has 1 aliphatic rings. The maximum Gasteiger partial charge on any atom is 0.259 e. The van der Waals surface area contributed by atoms with E-state index in [1.165, 1.54) is 0 Å². The number of aromatic nitrogens is 2. The first-order valence-corrected chi connectivity index (χ1v) is 10.0. The van der Waals surface area contributed by atoms with Crippen molar-refractivity contribution in [2.75, 3.05) is 6.54 Å². The Bertz CT molecular complexity index is 1350. The van der Waals surface area contributed by atoms with Crippen LogP contribution in [0.25, 0.3) is 33.0 Å². The van der Waals surface area contributed by atoms with Gasteiger partial charge in [0.05, 0.1) is 16.7 Å². The molecule has 4 aromatic rings. The van der Waals surface area contributed by atoms with Crippen LogP contribution in [0.1, 0.15) is 11.1 Å². The standard InChI is InChI=1S/C22H17BrN4O2/c23-16-6-3-5-13-15(11-27(9-8-24)20(13)16)19-18(21(28)26-22(19)29)14-10-25-17-7-2-1-4-12(14)17/h1-7,10-11,25H,8-9,24H2,(H,26,28,29). The summed E-state index contributed by atoms with van der Waals surface area (Å²) in [4.78, 5) is 28.9. The third kappa shape index (κ3) is 2.66. The summed E-state index contributed by atoms with van der Waals surface area (Å²) in [6, 6.07) is 13.6. The Labute approximate surface area is 174 Å². The minimum Gasteiger partial charge on any atom is -0.361 e. The number of H-pyrrole nitrogens is 1. The van der Waals surface area contributed by atoms with Crippen molar-refractivity contribution in [3.8, 4) is 0 Å². The predicted octanol–water partition coefficient (Wildman–Crippen LogP) is 3.41. The van der Waals surface area contributed by atoms with Crippen molar-refractivity contribution in [3.63, 3.8) is 0 Å². The number of benzene rings is 2. The summed E-state index contributed by atoms with van der Waals surface area (Å²) >= 11 is 3.60. The summed E-state index contributed by atoms with van der Waals surface area (Å²) in [5.41, 5.74) is 9.87. The number of imide groups is 1. The second kappa shape index (κ2) is 6.72. The lowest BCUT2D eigenvalue weighted by molar-refractivity contribution is -0.122. The zero-order valence-electron chi connectivity index (χ0n) is 15.3. The lowest BCUT2D eigenvalue weighted by Crippen LogP contribution is -2.22. The van der Waals surface area contributed by atoms with E-state index < -0.39 is 0 Å². The first-order chi connectivity index (χ1) is 14.1. The number of aromatic amines is 1. The van der Waals surface area contributed by atoms with Crippen molar-refractivity contribution < 1.29 is 9.59 Å². The van der Waals surface area contributed by atoms with Crippen molar-refractivity contribution in [2.24, 2.45) is 5.73 Å². The fourth-order valence-corrected chi connectivity index (χ4v) is 4.67. The zero-order valence-corrected chi connectivity index (χ0v) is 16.9. The van der Waals surface area contributed by atoms with Gasteiger partial charge in [0.2, 0.25) is 0 Å². The second-order valence-corrected chi connectivity index (χ2v) is 7.80. The number of nitrogens with two attached hydrogens (primary N) is 1. The summed E-state index contributed by atoms with van der Waals surface area (Å²) in [6.45, 7) is 1.06. The number of nitrogens with zero attached hydrogens (tertiary/aromatic N) is 1. The molecule has 6 nitrogen and oxygen atoms in total. The molecule has 0 saturated heterocycles. The van der Waals surface area contributed by atoms with Gasteiger partial charge in [-0.3, -0.25) is 14.9 Å². The molecule has 0 unspecified atom stereocenters. The van der Waals surface area contributed by atoms with E-state index in [4.69, 9.17) is 5.73 Å². The summed E-state index contributed by atoms with van der Waals surface area (Å²) in [6.07, 6.45) is 3.69. The van der Waals surface area contributed by atoms with Gasteiger partial charge in [-0.1, -0.05) is 30.3 Å². The highest BCUT2D eigenvalue weighted by Crippen LogP contribution is 2.39. The van der Waals surface area contributed by atoms with Gasteiger partial charge >= 0.3 is 0 Å². The van der Waals surface area contributed by atoms with Crippen LogP contribution in [0.15, 0.2) is 59.3 Å². The number of nitrogens with one attached hydrogen (secondary N) is 2. The molecule has 7 heteroatoms. The first kappa shape index (κ1) is 17.9. The van der Waals surface area contributed by atoms with Crippen molar-refractivity contribution in [1.82, 2.24) is 14.9 Å². The molecule has 2 aromatic heterocycles. The van der Waals surface area contributed by atoms with Crippen molar-refractivity contribution in [2.45, 2.75) is 6.54 Å². The lowest BCUT2D eigenvalue weighted by Gasteiger charge is -2.04. The fourth-order valence-electron chi connectivity index (χ4n) is 4.08. The van der Waals surface area contributed by atoms with Gasteiger partial charge in [-0.15, -0.1) is 0 Å². The lowest BCUT2D eigenvalue weighted by atomic mass is 9.95. The van der Waals surface area contributed by atoms with Gasteiger partial charge in [-0.2, -0.15) is 0 Å². The SMILES string of the molecule is NCCn1cc(C2=C(c3c[nH]c4ccccc34)C(=O)NC2=O)c2cccc(Br)c21. The van der Waals surface area contributed by atoms with Crippen molar-refractivity contribution >= 4 is 60.7 Å². The Morgan fingerprint density at radius 2 is 1.66 bits per heavy atom. The van der Waals surface area contributed by atoms with Crippen LogP contribution in [0.3, 0.4) is 0 Å². The van der Waals surface area contributed by atoms with E-state index in [1.54, 1.807) is 6.20 Å². The number of para-hydroxylation sites is 2. The minimum absolute atomic E-state index is 0.385. The van der Waals surface area contributed by atoms with Crippen molar-refractivity contribution in [3.05, 3.63) is 70.5 Å². The normalized spacial score (nSPS) is 14.4. The molecule has 0 spiro atoms. The molecule has 0 atom stereocenters. The number of rotatable bonds is 4. The van der Waals surface area contributed by atoms with Gasteiger partial charge in [0.15, 0.2) is 0 Å².